The SMILES string of the molecule is CC(=O)CCCOC1OC(CO)C(O)C(O)C1C. The number of aliphatic hydroxyl groups is 3. The van der Waals surface area contributed by atoms with Crippen molar-refractivity contribution in [3.63, 3.8) is 0 Å². The number of hydrogen-bond acceptors (Lipinski definition) is 6. The summed E-state index contributed by atoms with van der Waals surface area (Å²) in [4.78, 5) is 10.8. The summed E-state index contributed by atoms with van der Waals surface area (Å²) in [6.45, 7) is 3.19. The minimum Gasteiger partial charge on any atom is -0.394 e. The van der Waals surface area contributed by atoms with Crippen LogP contribution >= 0.6 is 0 Å². The van der Waals surface area contributed by atoms with Gasteiger partial charge < -0.3 is 29.6 Å². The average Bonchev–Trinajstić information content (AvgIpc) is 2.34. The first-order valence-electron chi connectivity index (χ1n) is 6.21. The maximum absolute atomic E-state index is 10.8. The number of hydrogen-bond donors (Lipinski definition) is 3. The molecule has 0 spiro atoms. The van der Waals surface area contributed by atoms with Crippen LogP contribution in [-0.4, -0.2) is 58.9 Å². The molecule has 0 aliphatic carbocycles. The van der Waals surface area contributed by atoms with E-state index in [1.807, 2.05) is 0 Å². The Hall–Kier alpha value is -0.530. The van der Waals surface area contributed by atoms with Gasteiger partial charge in [0.25, 0.3) is 0 Å². The highest BCUT2D eigenvalue weighted by molar-refractivity contribution is 5.75. The van der Waals surface area contributed by atoms with Crippen molar-refractivity contribution in [2.75, 3.05) is 13.2 Å². The van der Waals surface area contributed by atoms with Crippen molar-refractivity contribution in [1.82, 2.24) is 0 Å². The quantitative estimate of drug-likeness (QED) is 0.556. The molecule has 5 unspecified atom stereocenters. The number of ketones is 1. The molecule has 18 heavy (non-hydrogen) atoms. The second kappa shape index (κ2) is 7.16. The number of carbonyl (C=O) groups excluding carboxylic acids is 1. The molecule has 0 bridgehead atoms. The van der Waals surface area contributed by atoms with Gasteiger partial charge in [0.2, 0.25) is 0 Å². The maximum Gasteiger partial charge on any atom is 0.163 e. The molecule has 0 amide bonds. The highest BCUT2D eigenvalue weighted by Gasteiger charge is 2.42. The molecule has 0 aromatic rings. The number of Topliss-reactive ketones (excluding diaryl/α,β-unsaturated/α-hetero) is 1. The van der Waals surface area contributed by atoms with E-state index in [9.17, 15) is 15.0 Å². The lowest BCUT2D eigenvalue weighted by atomic mass is 9.92. The molecule has 6 nitrogen and oxygen atoms in total. The topological polar surface area (TPSA) is 96.2 Å². The van der Waals surface area contributed by atoms with E-state index in [-0.39, 0.29) is 18.3 Å². The Labute approximate surface area is 107 Å². The summed E-state index contributed by atoms with van der Waals surface area (Å²) >= 11 is 0. The Morgan fingerprint density at radius 3 is 2.56 bits per heavy atom. The smallest absolute Gasteiger partial charge is 0.163 e. The minimum absolute atomic E-state index is 0.0971. The van der Waals surface area contributed by atoms with Gasteiger partial charge in [-0.2, -0.15) is 0 Å². The van der Waals surface area contributed by atoms with Gasteiger partial charge in [0, 0.05) is 12.3 Å². The molecule has 3 N–H and O–H groups in total. The van der Waals surface area contributed by atoms with E-state index < -0.39 is 24.6 Å². The van der Waals surface area contributed by atoms with Gasteiger partial charge in [-0.1, -0.05) is 6.92 Å². The van der Waals surface area contributed by atoms with Crippen molar-refractivity contribution in [2.24, 2.45) is 5.92 Å². The Morgan fingerprint density at radius 2 is 2.00 bits per heavy atom. The summed E-state index contributed by atoms with van der Waals surface area (Å²) in [7, 11) is 0. The van der Waals surface area contributed by atoms with Crippen LogP contribution in [0.25, 0.3) is 0 Å². The molecule has 0 radical (unpaired) electrons. The summed E-state index contributed by atoms with van der Waals surface area (Å²) < 4.78 is 10.8. The third-order valence-electron chi connectivity index (χ3n) is 3.14. The standard InChI is InChI=1S/C12H22O6/c1-7(14)4-3-5-17-12-8(2)10(15)11(16)9(6-13)18-12/h8-13,15-16H,3-6H2,1-2H3. The van der Waals surface area contributed by atoms with Crippen LogP contribution in [0.5, 0.6) is 0 Å². The fourth-order valence-electron chi connectivity index (χ4n) is 1.93. The molecule has 1 saturated heterocycles. The second-order valence-corrected chi connectivity index (χ2v) is 4.74. The van der Waals surface area contributed by atoms with Gasteiger partial charge in [0.15, 0.2) is 6.29 Å². The van der Waals surface area contributed by atoms with Crippen LogP contribution < -0.4 is 0 Å². The monoisotopic (exact) mass is 262 g/mol. The molecule has 1 aliphatic rings. The number of rotatable bonds is 6. The molecular weight excluding hydrogens is 240 g/mol. The maximum atomic E-state index is 10.8. The molecular formula is C12H22O6. The van der Waals surface area contributed by atoms with Crippen LogP contribution in [0.15, 0.2) is 0 Å². The van der Waals surface area contributed by atoms with E-state index >= 15 is 0 Å². The first-order valence-corrected chi connectivity index (χ1v) is 6.21. The molecule has 0 saturated carbocycles. The van der Waals surface area contributed by atoms with Crippen molar-refractivity contribution in [3.8, 4) is 0 Å². The molecule has 1 aliphatic heterocycles. The lowest BCUT2D eigenvalue weighted by Crippen LogP contribution is -2.55. The molecule has 6 heteroatoms. The molecule has 1 heterocycles. The van der Waals surface area contributed by atoms with E-state index in [0.29, 0.717) is 19.4 Å². The number of ether oxygens (including phenoxy) is 2. The van der Waals surface area contributed by atoms with E-state index in [1.54, 1.807) is 6.92 Å². The summed E-state index contributed by atoms with van der Waals surface area (Å²) in [5, 5.41) is 28.5. The normalized spacial score (nSPS) is 36.6. The summed E-state index contributed by atoms with van der Waals surface area (Å²) in [6.07, 6.45) is -2.59. The molecule has 1 rings (SSSR count). The van der Waals surface area contributed by atoms with Crippen LogP contribution in [0, 0.1) is 5.92 Å². The highest BCUT2D eigenvalue weighted by atomic mass is 16.7. The Kier molecular flexibility index (Phi) is 6.17. The average molecular weight is 262 g/mol. The van der Waals surface area contributed by atoms with E-state index in [2.05, 4.69) is 0 Å². The first-order chi connectivity index (χ1) is 8.47. The predicted octanol–water partition coefficient (Wildman–Crippen LogP) is -0.553. The zero-order chi connectivity index (χ0) is 13.7. The van der Waals surface area contributed by atoms with Crippen molar-refractivity contribution >= 4 is 5.78 Å². The van der Waals surface area contributed by atoms with Crippen LogP contribution in [-0.2, 0) is 14.3 Å². The lowest BCUT2D eigenvalue weighted by Gasteiger charge is -2.40. The summed E-state index contributed by atoms with van der Waals surface area (Å²) in [5.41, 5.74) is 0. The van der Waals surface area contributed by atoms with Crippen LogP contribution in [0.4, 0.5) is 0 Å². The van der Waals surface area contributed by atoms with Gasteiger partial charge in [-0.05, 0) is 13.3 Å². The van der Waals surface area contributed by atoms with Gasteiger partial charge in [-0.25, -0.2) is 0 Å². The zero-order valence-corrected chi connectivity index (χ0v) is 10.8. The molecule has 5 atom stereocenters. The van der Waals surface area contributed by atoms with Gasteiger partial charge in [-0.15, -0.1) is 0 Å². The Bertz CT molecular complexity index is 267. The van der Waals surface area contributed by atoms with E-state index in [0.717, 1.165) is 0 Å². The molecule has 0 aromatic carbocycles. The lowest BCUT2D eigenvalue weighted by molar-refractivity contribution is -0.282. The van der Waals surface area contributed by atoms with Crippen molar-refractivity contribution < 1.29 is 29.6 Å². The van der Waals surface area contributed by atoms with Crippen molar-refractivity contribution in [3.05, 3.63) is 0 Å². The van der Waals surface area contributed by atoms with E-state index in [4.69, 9.17) is 14.6 Å². The minimum atomic E-state index is -1.11. The molecule has 0 aromatic heterocycles. The zero-order valence-electron chi connectivity index (χ0n) is 10.8. The number of aliphatic hydroxyl groups excluding tert-OH is 3. The third kappa shape index (κ3) is 4.00. The highest BCUT2D eigenvalue weighted by Crippen LogP contribution is 2.26. The predicted molar refractivity (Wildman–Crippen MR) is 62.8 cm³/mol. The van der Waals surface area contributed by atoms with Crippen molar-refractivity contribution in [1.29, 1.82) is 0 Å². The summed E-state index contributed by atoms with van der Waals surface area (Å²) in [6, 6.07) is 0. The van der Waals surface area contributed by atoms with Crippen LogP contribution in [0.1, 0.15) is 26.7 Å². The first kappa shape index (κ1) is 15.5. The molecule has 1 fully saturated rings. The van der Waals surface area contributed by atoms with Crippen LogP contribution in [0.2, 0.25) is 0 Å². The molecule has 106 valence electrons. The van der Waals surface area contributed by atoms with Gasteiger partial charge in [-0.3, -0.25) is 0 Å². The fourth-order valence-corrected chi connectivity index (χ4v) is 1.93. The largest absolute Gasteiger partial charge is 0.394 e. The Morgan fingerprint density at radius 1 is 1.33 bits per heavy atom. The van der Waals surface area contributed by atoms with Crippen molar-refractivity contribution in [2.45, 2.75) is 51.3 Å². The van der Waals surface area contributed by atoms with Gasteiger partial charge in [0.05, 0.1) is 19.3 Å². The van der Waals surface area contributed by atoms with Gasteiger partial charge in [0.1, 0.15) is 18.0 Å². The van der Waals surface area contributed by atoms with E-state index in [1.165, 1.54) is 6.92 Å². The van der Waals surface area contributed by atoms with Gasteiger partial charge >= 0.3 is 0 Å². The Balaban J connectivity index is 2.41. The van der Waals surface area contributed by atoms with Crippen LogP contribution in [0.3, 0.4) is 0 Å². The summed E-state index contributed by atoms with van der Waals surface area (Å²) in [5.74, 6) is -0.292. The second-order valence-electron chi connectivity index (χ2n) is 4.74. The fraction of sp³-hybridized carbons (Fsp3) is 0.917. The number of carbonyl (C=O) groups is 1. The third-order valence-corrected chi connectivity index (χ3v) is 3.14.